The number of amides is 3. The standard InChI is InChI=1S/C14H13N5O3S/c20-11-9-3-1-2-4-10(9)16-17-19(11)8-18-12(21)14(15-13(18)22)5-6-23-7-14/h1-4H,5-8H2,(H,15,22)/t14-/m1/s1. The molecule has 0 radical (unpaired) electrons. The molecule has 0 aliphatic carbocycles. The van der Waals surface area contributed by atoms with Gasteiger partial charge < -0.3 is 5.32 Å². The van der Waals surface area contributed by atoms with Crippen LogP contribution in [0, 0.1) is 0 Å². The molecule has 1 aromatic heterocycles. The highest BCUT2D eigenvalue weighted by molar-refractivity contribution is 7.99. The Labute approximate surface area is 134 Å². The lowest BCUT2D eigenvalue weighted by atomic mass is 10.00. The highest BCUT2D eigenvalue weighted by atomic mass is 32.2. The Hall–Kier alpha value is -2.42. The zero-order chi connectivity index (χ0) is 16.0. The van der Waals surface area contributed by atoms with Gasteiger partial charge in [0.25, 0.3) is 11.5 Å². The molecular formula is C14H13N5O3S. The quantitative estimate of drug-likeness (QED) is 0.788. The maximum atomic E-state index is 12.6. The molecule has 8 nitrogen and oxygen atoms in total. The van der Waals surface area contributed by atoms with Crippen LogP contribution in [0.2, 0.25) is 0 Å². The van der Waals surface area contributed by atoms with Crippen molar-refractivity contribution in [1.82, 2.24) is 25.2 Å². The predicted octanol–water partition coefficient (Wildman–Crippen LogP) is 0.176. The Bertz CT molecular complexity index is 874. The first-order chi connectivity index (χ1) is 11.1. The molecule has 2 aliphatic heterocycles. The van der Waals surface area contributed by atoms with Gasteiger partial charge in [0.05, 0.1) is 5.39 Å². The molecular weight excluding hydrogens is 318 g/mol. The predicted molar refractivity (Wildman–Crippen MR) is 83.8 cm³/mol. The summed E-state index contributed by atoms with van der Waals surface area (Å²) in [6, 6.07) is 6.34. The minimum atomic E-state index is -0.824. The monoisotopic (exact) mass is 331 g/mol. The molecule has 2 fully saturated rings. The van der Waals surface area contributed by atoms with Gasteiger partial charge in [-0.2, -0.15) is 16.4 Å². The average molecular weight is 331 g/mol. The van der Waals surface area contributed by atoms with Crippen molar-refractivity contribution < 1.29 is 9.59 Å². The van der Waals surface area contributed by atoms with Crippen molar-refractivity contribution in [1.29, 1.82) is 0 Å². The summed E-state index contributed by atoms with van der Waals surface area (Å²) in [7, 11) is 0. The molecule has 1 atom stereocenters. The van der Waals surface area contributed by atoms with Crippen molar-refractivity contribution in [3.63, 3.8) is 0 Å². The third-order valence-electron chi connectivity index (χ3n) is 4.17. The minimum Gasteiger partial charge on any atom is -0.322 e. The van der Waals surface area contributed by atoms with E-state index >= 15 is 0 Å². The number of hydrogen-bond donors (Lipinski definition) is 1. The molecule has 0 saturated carbocycles. The van der Waals surface area contributed by atoms with Crippen molar-refractivity contribution in [3.05, 3.63) is 34.6 Å². The van der Waals surface area contributed by atoms with Crippen LogP contribution >= 0.6 is 11.8 Å². The fourth-order valence-corrected chi connectivity index (χ4v) is 4.21. The lowest BCUT2D eigenvalue weighted by Crippen LogP contribution is -2.47. The molecule has 1 spiro atoms. The van der Waals surface area contributed by atoms with E-state index in [1.54, 1.807) is 36.0 Å². The van der Waals surface area contributed by atoms with Crippen molar-refractivity contribution in [2.45, 2.75) is 18.6 Å². The van der Waals surface area contributed by atoms with Crippen molar-refractivity contribution in [3.8, 4) is 0 Å². The summed E-state index contributed by atoms with van der Waals surface area (Å²) in [4.78, 5) is 38.2. The Morgan fingerprint density at radius 2 is 2.09 bits per heavy atom. The third kappa shape index (κ3) is 2.11. The summed E-state index contributed by atoms with van der Waals surface area (Å²) in [6.07, 6.45) is 0.608. The van der Waals surface area contributed by atoms with Gasteiger partial charge in [-0.15, -0.1) is 5.10 Å². The van der Waals surface area contributed by atoms with Crippen LogP contribution in [0.5, 0.6) is 0 Å². The number of carbonyl (C=O) groups excluding carboxylic acids is 2. The van der Waals surface area contributed by atoms with Crippen LogP contribution in [0.3, 0.4) is 0 Å². The van der Waals surface area contributed by atoms with Gasteiger partial charge >= 0.3 is 6.03 Å². The van der Waals surface area contributed by atoms with Gasteiger partial charge in [-0.1, -0.05) is 17.3 Å². The van der Waals surface area contributed by atoms with Crippen LogP contribution in [-0.4, -0.2) is 48.9 Å². The number of hydrogen-bond acceptors (Lipinski definition) is 6. The van der Waals surface area contributed by atoms with Crippen LogP contribution < -0.4 is 10.9 Å². The molecule has 2 aromatic rings. The molecule has 118 valence electrons. The molecule has 2 saturated heterocycles. The molecule has 2 aliphatic rings. The maximum absolute atomic E-state index is 12.6. The second-order valence-electron chi connectivity index (χ2n) is 5.60. The number of thioether (sulfide) groups is 1. The molecule has 0 unspecified atom stereocenters. The highest BCUT2D eigenvalue weighted by Crippen LogP contribution is 2.33. The number of fused-ring (bicyclic) bond motifs is 1. The molecule has 23 heavy (non-hydrogen) atoms. The Balaban J connectivity index is 1.68. The number of nitrogens with zero attached hydrogens (tertiary/aromatic N) is 4. The molecule has 3 heterocycles. The fourth-order valence-electron chi connectivity index (χ4n) is 2.89. The summed E-state index contributed by atoms with van der Waals surface area (Å²) < 4.78 is 1.04. The zero-order valence-electron chi connectivity index (χ0n) is 12.1. The van der Waals surface area contributed by atoms with Crippen LogP contribution in [0.4, 0.5) is 4.79 Å². The topological polar surface area (TPSA) is 97.2 Å². The van der Waals surface area contributed by atoms with E-state index < -0.39 is 11.6 Å². The third-order valence-corrected chi connectivity index (χ3v) is 5.36. The maximum Gasteiger partial charge on any atom is 0.326 e. The summed E-state index contributed by atoms with van der Waals surface area (Å²) in [6.45, 7) is -0.228. The second kappa shape index (κ2) is 5.05. The first-order valence-electron chi connectivity index (χ1n) is 7.15. The normalized spacial score (nSPS) is 23.9. The van der Waals surface area contributed by atoms with Gasteiger partial charge in [-0.05, 0) is 24.3 Å². The van der Waals surface area contributed by atoms with E-state index in [0.717, 1.165) is 15.3 Å². The number of imide groups is 1. The van der Waals surface area contributed by atoms with Crippen molar-refractivity contribution >= 4 is 34.6 Å². The van der Waals surface area contributed by atoms with Crippen molar-refractivity contribution in [2.75, 3.05) is 11.5 Å². The number of aromatic nitrogens is 3. The van der Waals surface area contributed by atoms with E-state index in [1.165, 1.54) is 0 Å². The van der Waals surface area contributed by atoms with E-state index in [9.17, 15) is 14.4 Å². The summed E-state index contributed by atoms with van der Waals surface area (Å²) in [5.41, 5.74) is -0.720. The lowest BCUT2D eigenvalue weighted by Gasteiger charge is -2.19. The van der Waals surface area contributed by atoms with Crippen LogP contribution in [0.15, 0.2) is 29.1 Å². The number of rotatable bonds is 2. The van der Waals surface area contributed by atoms with Crippen LogP contribution in [-0.2, 0) is 11.5 Å². The van der Waals surface area contributed by atoms with Gasteiger partial charge in [0.15, 0.2) is 0 Å². The van der Waals surface area contributed by atoms with Gasteiger partial charge in [0, 0.05) is 5.75 Å². The van der Waals surface area contributed by atoms with Gasteiger partial charge in [0.1, 0.15) is 17.7 Å². The molecule has 1 N–H and O–H groups in total. The minimum absolute atomic E-state index is 0.228. The van der Waals surface area contributed by atoms with Gasteiger partial charge in [0.2, 0.25) is 0 Å². The van der Waals surface area contributed by atoms with E-state index in [2.05, 4.69) is 15.6 Å². The number of urea groups is 1. The summed E-state index contributed by atoms with van der Waals surface area (Å²) in [5, 5.41) is 11.0. The Morgan fingerprint density at radius 3 is 2.87 bits per heavy atom. The van der Waals surface area contributed by atoms with E-state index in [0.29, 0.717) is 23.1 Å². The molecule has 0 bridgehead atoms. The average Bonchev–Trinajstić information content (AvgIpc) is 3.11. The largest absolute Gasteiger partial charge is 0.326 e. The second-order valence-corrected chi connectivity index (χ2v) is 6.71. The molecule has 1 aromatic carbocycles. The first-order valence-corrected chi connectivity index (χ1v) is 8.31. The van der Waals surface area contributed by atoms with E-state index in [1.807, 2.05) is 0 Å². The lowest BCUT2D eigenvalue weighted by molar-refractivity contribution is -0.131. The SMILES string of the molecule is O=C1N[C@@]2(CCSC2)C(=O)N1Cn1nnc2ccccc2c1=O. The first kappa shape index (κ1) is 14.2. The smallest absolute Gasteiger partial charge is 0.322 e. The summed E-state index contributed by atoms with van der Waals surface area (Å²) in [5.74, 6) is 1.09. The number of carbonyl (C=O) groups is 2. The van der Waals surface area contributed by atoms with Gasteiger partial charge in [-0.3, -0.25) is 9.59 Å². The number of benzene rings is 1. The highest BCUT2D eigenvalue weighted by Gasteiger charge is 2.53. The van der Waals surface area contributed by atoms with Crippen LogP contribution in [0.1, 0.15) is 6.42 Å². The van der Waals surface area contributed by atoms with Crippen LogP contribution in [0.25, 0.3) is 10.9 Å². The molecule has 9 heteroatoms. The zero-order valence-corrected chi connectivity index (χ0v) is 12.9. The Morgan fingerprint density at radius 1 is 1.26 bits per heavy atom. The van der Waals surface area contributed by atoms with Gasteiger partial charge in [-0.25, -0.2) is 9.69 Å². The fraction of sp³-hybridized carbons (Fsp3) is 0.357. The Kier molecular flexibility index (Phi) is 3.12. The van der Waals surface area contributed by atoms with E-state index in [4.69, 9.17) is 0 Å². The van der Waals surface area contributed by atoms with Crippen molar-refractivity contribution in [2.24, 2.45) is 0 Å². The van der Waals surface area contributed by atoms with E-state index in [-0.39, 0.29) is 18.1 Å². The number of nitrogens with one attached hydrogen (secondary N) is 1. The molecule has 3 amide bonds. The summed E-state index contributed by atoms with van der Waals surface area (Å²) >= 11 is 1.63. The molecule has 4 rings (SSSR count).